The van der Waals surface area contributed by atoms with E-state index in [1.807, 2.05) is 48.5 Å². The molecule has 4 aromatic carbocycles. The summed E-state index contributed by atoms with van der Waals surface area (Å²) in [6.45, 7) is -0.720. The molecule has 14 nitrogen and oxygen atoms in total. The van der Waals surface area contributed by atoms with Crippen LogP contribution in [0.2, 0.25) is 0 Å². The van der Waals surface area contributed by atoms with Crippen LogP contribution in [-0.4, -0.2) is 59.7 Å². The molecule has 0 aromatic heterocycles. The Morgan fingerprint density at radius 2 is 0.891 bits per heavy atom. The standard InChI is InChI=1S/C32H28N6O8/c39-29(37-43)19-45-27-13-9-25(10-14-27)31(41)35-33-17-21-1-5-23(6-2-21)24-7-3-22(4-8-24)18-34-36-32(42)26-11-15-28(16-12-26)46-20-30(40)38-44/h1-18,43-44H,19-20H2,(H,35,41)(H,36,42)(H,37,39)(H,38,40)/b33-17+,34-18+. The third-order valence-corrected chi connectivity index (χ3v) is 6.14. The molecular weight excluding hydrogens is 596 g/mol. The molecule has 0 fully saturated rings. The molecule has 0 saturated heterocycles. The molecular formula is C32H28N6O8. The summed E-state index contributed by atoms with van der Waals surface area (Å²) in [5.74, 6) is -1.53. The summed E-state index contributed by atoms with van der Waals surface area (Å²) < 4.78 is 10.3. The quantitative estimate of drug-likeness (QED) is 0.0741. The molecule has 0 aliphatic rings. The number of benzene rings is 4. The fourth-order valence-corrected chi connectivity index (χ4v) is 3.75. The predicted molar refractivity (Wildman–Crippen MR) is 166 cm³/mol. The van der Waals surface area contributed by atoms with Gasteiger partial charge in [0.2, 0.25) is 0 Å². The molecule has 4 rings (SSSR count). The fourth-order valence-electron chi connectivity index (χ4n) is 3.75. The highest BCUT2D eigenvalue weighted by Gasteiger charge is 2.07. The van der Waals surface area contributed by atoms with Gasteiger partial charge in [-0.2, -0.15) is 10.2 Å². The smallest absolute Gasteiger partial charge is 0.281 e. The Labute approximate surface area is 262 Å². The van der Waals surface area contributed by atoms with Gasteiger partial charge in [-0.05, 0) is 70.8 Å². The molecule has 0 aliphatic heterocycles. The van der Waals surface area contributed by atoms with Gasteiger partial charge in [-0.3, -0.25) is 29.6 Å². The number of hydroxylamine groups is 2. The first kappa shape index (κ1) is 32.5. The molecule has 0 aliphatic carbocycles. The van der Waals surface area contributed by atoms with Crippen molar-refractivity contribution in [2.75, 3.05) is 13.2 Å². The van der Waals surface area contributed by atoms with E-state index in [0.717, 1.165) is 22.3 Å². The summed E-state index contributed by atoms with van der Waals surface area (Å²) in [5, 5.41) is 25.0. The molecule has 0 heterocycles. The summed E-state index contributed by atoms with van der Waals surface area (Å²) >= 11 is 0. The number of carbonyl (C=O) groups excluding carboxylic acids is 4. The van der Waals surface area contributed by atoms with Crippen LogP contribution in [0.1, 0.15) is 31.8 Å². The number of amides is 4. The highest BCUT2D eigenvalue weighted by molar-refractivity contribution is 5.95. The minimum Gasteiger partial charge on any atom is -0.484 e. The van der Waals surface area contributed by atoms with Crippen LogP contribution in [0.15, 0.2) is 107 Å². The second-order valence-electron chi connectivity index (χ2n) is 9.34. The molecule has 0 atom stereocenters. The number of rotatable bonds is 13. The summed E-state index contributed by atoms with van der Waals surface area (Å²) in [5.41, 5.74) is 12.0. The Balaban J connectivity index is 1.23. The Kier molecular flexibility index (Phi) is 11.6. The molecule has 0 bridgehead atoms. The minimum atomic E-state index is -0.697. The molecule has 4 aromatic rings. The third-order valence-electron chi connectivity index (χ3n) is 6.14. The molecule has 234 valence electrons. The predicted octanol–water partition coefficient (Wildman–Crippen LogP) is 2.65. The van der Waals surface area contributed by atoms with E-state index in [1.54, 1.807) is 0 Å². The average molecular weight is 625 g/mol. The van der Waals surface area contributed by atoms with Crippen molar-refractivity contribution in [2.24, 2.45) is 10.2 Å². The second kappa shape index (κ2) is 16.5. The number of ether oxygens (including phenoxy) is 2. The van der Waals surface area contributed by atoms with E-state index in [-0.39, 0.29) is 13.2 Å². The van der Waals surface area contributed by atoms with Gasteiger partial charge < -0.3 is 9.47 Å². The van der Waals surface area contributed by atoms with Gasteiger partial charge in [0, 0.05) is 11.1 Å². The number of carbonyl (C=O) groups is 4. The SMILES string of the molecule is O=C(COc1ccc(C(=O)N/N=C/c2ccc(-c3ccc(/C=N/NC(=O)c4ccc(OCC(=O)NO)cc4)cc3)cc2)cc1)NO. The van der Waals surface area contributed by atoms with Gasteiger partial charge in [0.15, 0.2) is 13.2 Å². The highest BCUT2D eigenvalue weighted by atomic mass is 16.5. The summed E-state index contributed by atoms with van der Waals surface area (Å²) in [6.07, 6.45) is 3.03. The van der Waals surface area contributed by atoms with E-state index >= 15 is 0 Å². The third kappa shape index (κ3) is 9.84. The van der Waals surface area contributed by atoms with Gasteiger partial charge in [0.25, 0.3) is 23.6 Å². The van der Waals surface area contributed by atoms with Crippen molar-refractivity contribution in [1.82, 2.24) is 21.8 Å². The van der Waals surface area contributed by atoms with Crippen LogP contribution in [0.3, 0.4) is 0 Å². The first-order valence-corrected chi connectivity index (χ1v) is 13.5. The molecule has 0 saturated carbocycles. The van der Waals surface area contributed by atoms with Gasteiger partial charge in [-0.1, -0.05) is 48.5 Å². The summed E-state index contributed by atoms with van der Waals surface area (Å²) in [4.78, 5) is 46.7. The molecule has 0 unspecified atom stereocenters. The van der Waals surface area contributed by atoms with Crippen molar-refractivity contribution in [3.8, 4) is 22.6 Å². The lowest BCUT2D eigenvalue weighted by molar-refractivity contribution is -0.131. The van der Waals surface area contributed by atoms with Gasteiger partial charge in [0.1, 0.15) is 11.5 Å². The zero-order valence-electron chi connectivity index (χ0n) is 24.0. The van der Waals surface area contributed by atoms with E-state index in [0.29, 0.717) is 22.6 Å². The molecule has 6 N–H and O–H groups in total. The Bertz CT molecular complexity index is 1580. The fraction of sp³-hybridized carbons (Fsp3) is 0.0625. The van der Waals surface area contributed by atoms with Crippen LogP contribution >= 0.6 is 0 Å². The van der Waals surface area contributed by atoms with Crippen molar-refractivity contribution in [1.29, 1.82) is 0 Å². The van der Waals surface area contributed by atoms with E-state index in [1.165, 1.54) is 71.9 Å². The van der Waals surface area contributed by atoms with Crippen LogP contribution in [0, 0.1) is 0 Å². The van der Waals surface area contributed by atoms with Crippen LogP contribution in [0.4, 0.5) is 0 Å². The lowest BCUT2D eigenvalue weighted by Crippen LogP contribution is -2.25. The lowest BCUT2D eigenvalue weighted by atomic mass is 10.0. The zero-order valence-corrected chi connectivity index (χ0v) is 24.0. The van der Waals surface area contributed by atoms with Crippen molar-refractivity contribution >= 4 is 36.1 Å². The molecule has 0 spiro atoms. The highest BCUT2D eigenvalue weighted by Crippen LogP contribution is 2.20. The van der Waals surface area contributed by atoms with Crippen molar-refractivity contribution < 1.29 is 39.1 Å². The summed E-state index contributed by atoms with van der Waals surface area (Å²) in [7, 11) is 0. The average Bonchev–Trinajstić information content (AvgIpc) is 3.10. The molecule has 14 heteroatoms. The lowest BCUT2D eigenvalue weighted by Gasteiger charge is -2.06. The number of hydrazone groups is 2. The second-order valence-corrected chi connectivity index (χ2v) is 9.34. The van der Waals surface area contributed by atoms with Gasteiger partial charge in [-0.25, -0.2) is 21.8 Å². The van der Waals surface area contributed by atoms with Crippen molar-refractivity contribution in [3.05, 3.63) is 119 Å². The van der Waals surface area contributed by atoms with Gasteiger partial charge in [0.05, 0.1) is 12.4 Å². The summed E-state index contributed by atoms with van der Waals surface area (Å²) in [6, 6.07) is 27.2. The van der Waals surface area contributed by atoms with Crippen LogP contribution in [-0.2, 0) is 9.59 Å². The largest absolute Gasteiger partial charge is 0.484 e. The zero-order chi connectivity index (χ0) is 32.7. The van der Waals surface area contributed by atoms with Crippen molar-refractivity contribution in [3.63, 3.8) is 0 Å². The topological polar surface area (TPSA) is 200 Å². The normalized spacial score (nSPS) is 10.7. The van der Waals surface area contributed by atoms with Gasteiger partial charge >= 0.3 is 0 Å². The van der Waals surface area contributed by atoms with Gasteiger partial charge in [-0.15, -0.1) is 0 Å². The van der Waals surface area contributed by atoms with E-state index < -0.39 is 23.6 Å². The Morgan fingerprint density at radius 3 is 1.22 bits per heavy atom. The number of nitrogens with zero attached hydrogens (tertiary/aromatic N) is 2. The van der Waals surface area contributed by atoms with E-state index in [4.69, 9.17) is 19.9 Å². The molecule has 46 heavy (non-hydrogen) atoms. The Hall–Kier alpha value is -6.38. The number of hydrogen-bond acceptors (Lipinski definition) is 10. The van der Waals surface area contributed by atoms with Crippen LogP contribution in [0.25, 0.3) is 11.1 Å². The maximum atomic E-state index is 12.3. The number of nitrogens with one attached hydrogen (secondary N) is 4. The molecule has 0 radical (unpaired) electrons. The van der Waals surface area contributed by atoms with Crippen molar-refractivity contribution in [2.45, 2.75) is 0 Å². The maximum absolute atomic E-state index is 12.3. The maximum Gasteiger partial charge on any atom is 0.281 e. The van der Waals surface area contributed by atoms with Crippen LogP contribution in [0.5, 0.6) is 11.5 Å². The number of hydrogen-bond donors (Lipinski definition) is 6. The van der Waals surface area contributed by atoms with E-state index in [9.17, 15) is 19.2 Å². The first-order chi connectivity index (χ1) is 22.3. The monoisotopic (exact) mass is 624 g/mol. The van der Waals surface area contributed by atoms with E-state index in [2.05, 4.69) is 21.1 Å². The molecule has 4 amide bonds. The Morgan fingerprint density at radius 1 is 0.543 bits per heavy atom. The first-order valence-electron chi connectivity index (χ1n) is 13.5. The van der Waals surface area contributed by atoms with Crippen LogP contribution < -0.4 is 31.3 Å². The minimum absolute atomic E-state index is 0.341.